The largest absolute Gasteiger partial charge is 0.378 e. The summed E-state index contributed by atoms with van der Waals surface area (Å²) < 4.78 is 5.63. The van der Waals surface area contributed by atoms with Crippen LogP contribution in [-0.2, 0) is 16.0 Å². The van der Waals surface area contributed by atoms with Gasteiger partial charge >= 0.3 is 0 Å². The van der Waals surface area contributed by atoms with Gasteiger partial charge in [0.25, 0.3) is 0 Å². The molecule has 5 nitrogen and oxygen atoms in total. The van der Waals surface area contributed by atoms with E-state index in [2.05, 4.69) is 16.0 Å². The fourth-order valence-electron chi connectivity index (χ4n) is 3.85. The van der Waals surface area contributed by atoms with Crippen LogP contribution in [0.25, 0.3) is 0 Å². The molecule has 1 aromatic heterocycles. The number of carbonyl (C=O) groups is 1. The van der Waals surface area contributed by atoms with E-state index in [4.69, 9.17) is 4.74 Å². The first-order valence-corrected chi connectivity index (χ1v) is 8.81. The van der Waals surface area contributed by atoms with Crippen LogP contribution in [0, 0.1) is 12.8 Å². The summed E-state index contributed by atoms with van der Waals surface area (Å²) in [4.78, 5) is 21.9. The highest BCUT2D eigenvalue weighted by atomic mass is 16.5. The molecule has 1 unspecified atom stereocenters. The molecule has 0 bridgehead atoms. The third kappa shape index (κ3) is 2.88. The van der Waals surface area contributed by atoms with Crippen molar-refractivity contribution in [1.29, 1.82) is 0 Å². The number of aromatic nitrogens is 1. The van der Waals surface area contributed by atoms with Gasteiger partial charge in [0, 0.05) is 32.3 Å². The highest BCUT2D eigenvalue weighted by molar-refractivity contribution is 5.99. The van der Waals surface area contributed by atoms with E-state index >= 15 is 0 Å². The fraction of sp³-hybridized carbons (Fsp3) is 0.667. The minimum atomic E-state index is -0.129. The number of rotatable bonds is 3. The van der Waals surface area contributed by atoms with Crippen LogP contribution in [0.5, 0.6) is 0 Å². The summed E-state index contributed by atoms with van der Waals surface area (Å²) in [6.07, 6.45) is 6.72. The molecule has 2 aliphatic heterocycles. The van der Waals surface area contributed by atoms with Crippen LogP contribution in [0.1, 0.15) is 30.5 Å². The summed E-state index contributed by atoms with van der Waals surface area (Å²) in [5.41, 5.74) is 3.16. The molecule has 124 valence electrons. The second kappa shape index (κ2) is 6.21. The molecule has 1 amide bonds. The summed E-state index contributed by atoms with van der Waals surface area (Å²) in [5.74, 6) is 0.966. The number of fused-ring (bicyclic) bond motifs is 1. The van der Waals surface area contributed by atoms with Crippen molar-refractivity contribution in [2.75, 3.05) is 37.7 Å². The number of nitrogens with zero attached hydrogens (tertiary/aromatic N) is 3. The van der Waals surface area contributed by atoms with Gasteiger partial charge in [-0.2, -0.15) is 0 Å². The molecular formula is C18H25N3O2. The summed E-state index contributed by atoms with van der Waals surface area (Å²) in [6, 6.07) is 1.96. The van der Waals surface area contributed by atoms with E-state index in [-0.39, 0.29) is 11.9 Å². The van der Waals surface area contributed by atoms with E-state index in [1.807, 2.05) is 18.0 Å². The first-order valence-electron chi connectivity index (χ1n) is 8.81. The molecule has 0 aromatic carbocycles. The maximum atomic E-state index is 13.1. The van der Waals surface area contributed by atoms with Crippen LogP contribution in [0.3, 0.4) is 0 Å². The molecule has 0 radical (unpaired) electrons. The first kappa shape index (κ1) is 15.1. The van der Waals surface area contributed by atoms with Gasteiger partial charge < -0.3 is 9.64 Å². The molecule has 1 saturated heterocycles. The fourth-order valence-corrected chi connectivity index (χ4v) is 3.85. The normalized spacial score (nSPS) is 25.3. The number of amides is 1. The number of anilines is 1. The predicted octanol–water partition coefficient (Wildman–Crippen LogP) is 1.78. The van der Waals surface area contributed by atoms with Gasteiger partial charge in [0.15, 0.2) is 0 Å². The Morgan fingerprint density at radius 1 is 1.39 bits per heavy atom. The molecule has 1 saturated carbocycles. The Balaban J connectivity index is 1.52. The second-order valence-corrected chi connectivity index (χ2v) is 7.10. The number of pyridine rings is 1. The number of carbonyl (C=O) groups excluding carboxylic acids is 1. The monoisotopic (exact) mass is 315 g/mol. The lowest BCUT2D eigenvalue weighted by molar-refractivity contribution is -0.130. The maximum Gasteiger partial charge on any atom is 0.246 e. The van der Waals surface area contributed by atoms with Gasteiger partial charge in [-0.25, -0.2) is 0 Å². The van der Waals surface area contributed by atoms with Crippen LogP contribution in [0.15, 0.2) is 12.3 Å². The highest BCUT2D eigenvalue weighted by Gasteiger charge is 2.37. The van der Waals surface area contributed by atoms with Gasteiger partial charge in [0.1, 0.15) is 6.04 Å². The molecular weight excluding hydrogens is 290 g/mol. The molecule has 3 aliphatic rings. The molecule has 0 N–H and O–H groups in total. The van der Waals surface area contributed by atoms with Crippen molar-refractivity contribution in [3.05, 3.63) is 23.5 Å². The Bertz CT molecular complexity index is 600. The van der Waals surface area contributed by atoms with Gasteiger partial charge in [0.2, 0.25) is 5.91 Å². The molecule has 2 fully saturated rings. The number of hydrogen-bond donors (Lipinski definition) is 0. The zero-order chi connectivity index (χ0) is 15.8. The van der Waals surface area contributed by atoms with Gasteiger partial charge in [-0.05, 0) is 37.3 Å². The number of ether oxygens (including phenoxy) is 1. The average Bonchev–Trinajstić information content (AvgIpc) is 2.93. The molecule has 5 heteroatoms. The molecule has 1 aromatic rings. The van der Waals surface area contributed by atoms with Crippen molar-refractivity contribution in [2.45, 2.75) is 38.6 Å². The van der Waals surface area contributed by atoms with Crippen molar-refractivity contribution in [3.63, 3.8) is 0 Å². The Hall–Kier alpha value is -1.46. The van der Waals surface area contributed by atoms with E-state index in [1.165, 1.54) is 19.3 Å². The summed E-state index contributed by atoms with van der Waals surface area (Å²) in [7, 11) is 0. The van der Waals surface area contributed by atoms with E-state index in [1.54, 1.807) is 0 Å². The smallest absolute Gasteiger partial charge is 0.246 e. The molecule has 23 heavy (non-hydrogen) atoms. The molecule has 0 spiro atoms. The van der Waals surface area contributed by atoms with Crippen LogP contribution in [-0.4, -0.2) is 54.7 Å². The standard InChI is InChI=1S/C18H25N3O2/c1-13-9-16-15(19-10-13)5-6-21(16)18(22)17-12-23-8-7-20(17)11-14-3-2-4-14/h9-10,14,17H,2-8,11-12H2,1H3. The molecule has 3 heterocycles. The van der Waals surface area contributed by atoms with Crippen molar-refractivity contribution in [1.82, 2.24) is 9.88 Å². The quantitative estimate of drug-likeness (QED) is 0.853. The lowest BCUT2D eigenvalue weighted by Gasteiger charge is -2.40. The van der Waals surface area contributed by atoms with Gasteiger partial charge in [0.05, 0.1) is 24.6 Å². The number of morpholine rings is 1. The van der Waals surface area contributed by atoms with Gasteiger partial charge in [-0.15, -0.1) is 0 Å². The Kier molecular flexibility index (Phi) is 4.07. The third-order valence-corrected chi connectivity index (χ3v) is 5.45. The maximum absolute atomic E-state index is 13.1. The first-order chi connectivity index (χ1) is 11.2. The van der Waals surface area contributed by atoms with Crippen molar-refractivity contribution < 1.29 is 9.53 Å². The Morgan fingerprint density at radius 3 is 3.04 bits per heavy atom. The van der Waals surface area contributed by atoms with Crippen molar-refractivity contribution in [2.24, 2.45) is 5.92 Å². The summed E-state index contributed by atoms with van der Waals surface area (Å²) >= 11 is 0. The van der Waals surface area contributed by atoms with Crippen LogP contribution < -0.4 is 4.90 Å². The highest BCUT2D eigenvalue weighted by Crippen LogP contribution is 2.31. The van der Waals surface area contributed by atoms with Gasteiger partial charge in [-0.1, -0.05) is 6.42 Å². The lowest BCUT2D eigenvalue weighted by Crippen LogP contribution is -2.56. The topological polar surface area (TPSA) is 45.7 Å². The average molecular weight is 315 g/mol. The zero-order valence-corrected chi connectivity index (χ0v) is 13.8. The van der Waals surface area contributed by atoms with E-state index in [0.29, 0.717) is 6.61 Å². The van der Waals surface area contributed by atoms with Crippen LogP contribution >= 0.6 is 0 Å². The predicted molar refractivity (Wildman–Crippen MR) is 88.6 cm³/mol. The van der Waals surface area contributed by atoms with Gasteiger partial charge in [-0.3, -0.25) is 14.7 Å². The van der Waals surface area contributed by atoms with Crippen molar-refractivity contribution in [3.8, 4) is 0 Å². The number of aryl methyl sites for hydroxylation is 1. The lowest BCUT2D eigenvalue weighted by atomic mass is 9.84. The van der Waals surface area contributed by atoms with E-state index in [9.17, 15) is 4.79 Å². The Labute approximate surface area is 137 Å². The third-order valence-electron chi connectivity index (χ3n) is 5.45. The van der Waals surface area contributed by atoms with Crippen LogP contribution in [0.4, 0.5) is 5.69 Å². The molecule has 1 aliphatic carbocycles. The van der Waals surface area contributed by atoms with E-state index in [0.717, 1.165) is 55.5 Å². The van der Waals surface area contributed by atoms with Crippen LogP contribution in [0.2, 0.25) is 0 Å². The molecule has 1 atom stereocenters. The zero-order valence-electron chi connectivity index (χ0n) is 13.8. The minimum absolute atomic E-state index is 0.129. The minimum Gasteiger partial charge on any atom is -0.378 e. The number of hydrogen-bond acceptors (Lipinski definition) is 4. The molecule has 4 rings (SSSR count). The Morgan fingerprint density at radius 2 is 2.26 bits per heavy atom. The summed E-state index contributed by atoms with van der Waals surface area (Å²) in [6.45, 7) is 5.97. The summed E-state index contributed by atoms with van der Waals surface area (Å²) in [5, 5.41) is 0. The van der Waals surface area contributed by atoms with Crippen molar-refractivity contribution >= 4 is 11.6 Å². The van der Waals surface area contributed by atoms with E-state index < -0.39 is 0 Å². The SMILES string of the molecule is Cc1cnc2c(c1)N(C(=O)C1COCCN1CC1CCC1)CC2. The second-order valence-electron chi connectivity index (χ2n) is 7.10.